The van der Waals surface area contributed by atoms with Crippen molar-refractivity contribution >= 4 is 11.9 Å². The minimum absolute atomic E-state index is 0.0356. The molecule has 0 saturated carbocycles. The van der Waals surface area contributed by atoms with Gasteiger partial charge in [-0.1, -0.05) is 0 Å². The number of pyridine rings is 1. The Bertz CT molecular complexity index is 574. The number of carbonyl (C=O) groups is 2. The number of hydrogen-bond acceptors (Lipinski definition) is 10. The van der Waals surface area contributed by atoms with Gasteiger partial charge in [-0.3, -0.25) is 0 Å². The Morgan fingerprint density at radius 3 is 1.96 bits per heavy atom. The van der Waals surface area contributed by atoms with Crippen LogP contribution in [0.2, 0.25) is 0 Å². The van der Waals surface area contributed by atoms with Crippen LogP contribution in [-0.4, -0.2) is 69.7 Å². The van der Waals surface area contributed by atoms with Crippen LogP contribution >= 0.6 is 0 Å². The molecule has 10 nitrogen and oxygen atoms in total. The van der Waals surface area contributed by atoms with Crippen LogP contribution in [0, 0.1) is 5.53 Å². The Morgan fingerprint density at radius 1 is 0.926 bits per heavy atom. The first-order chi connectivity index (χ1) is 13.1. The largest absolute Gasteiger partial charge is 0.491 e. The van der Waals surface area contributed by atoms with Crippen LogP contribution in [0.5, 0.6) is 5.75 Å². The highest BCUT2D eigenvalue weighted by molar-refractivity contribution is 5.92. The second-order valence-corrected chi connectivity index (χ2v) is 4.97. The molecule has 1 aromatic heterocycles. The van der Waals surface area contributed by atoms with Gasteiger partial charge in [0.1, 0.15) is 12.4 Å². The second-order valence-electron chi connectivity index (χ2n) is 4.97. The lowest BCUT2D eigenvalue weighted by atomic mass is 10.2. The third-order valence-electron chi connectivity index (χ3n) is 2.98. The molecule has 0 unspecified atom stereocenters. The fourth-order valence-corrected chi connectivity index (χ4v) is 1.86. The molecule has 0 saturated heterocycles. The van der Waals surface area contributed by atoms with Crippen molar-refractivity contribution in [2.45, 2.75) is 13.8 Å². The van der Waals surface area contributed by atoms with Gasteiger partial charge in [-0.25, -0.2) is 20.1 Å². The van der Waals surface area contributed by atoms with Crippen molar-refractivity contribution in [1.82, 2.24) is 4.98 Å². The third-order valence-corrected chi connectivity index (χ3v) is 2.98. The molecule has 1 rings (SSSR count). The van der Waals surface area contributed by atoms with Crippen molar-refractivity contribution < 1.29 is 33.3 Å². The average Bonchev–Trinajstić information content (AvgIpc) is 2.67. The number of carbonyl (C=O) groups excluding carboxylic acids is 2. The van der Waals surface area contributed by atoms with E-state index >= 15 is 0 Å². The van der Waals surface area contributed by atoms with Crippen molar-refractivity contribution in [1.29, 1.82) is 5.53 Å². The molecule has 0 spiro atoms. The molecule has 0 aliphatic rings. The van der Waals surface area contributed by atoms with Crippen molar-refractivity contribution in [2.75, 3.05) is 52.8 Å². The minimum atomic E-state index is -0.652. The van der Waals surface area contributed by atoms with Gasteiger partial charge >= 0.3 is 11.9 Å². The van der Waals surface area contributed by atoms with Crippen LogP contribution < -0.4 is 4.74 Å². The number of hydrogen-bond donors (Lipinski definition) is 1. The molecule has 1 N–H and O–H groups in total. The zero-order valence-corrected chi connectivity index (χ0v) is 15.6. The van der Waals surface area contributed by atoms with Gasteiger partial charge in [0, 0.05) is 12.1 Å². The lowest BCUT2D eigenvalue weighted by Crippen LogP contribution is -2.15. The highest BCUT2D eigenvalue weighted by atomic mass is 16.5. The Labute approximate surface area is 157 Å². The molecule has 1 aromatic rings. The summed E-state index contributed by atoms with van der Waals surface area (Å²) in [5, 5.41) is 3.17. The van der Waals surface area contributed by atoms with Gasteiger partial charge in [0.25, 0.3) is 0 Å². The first-order valence-electron chi connectivity index (χ1n) is 8.60. The Hall–Kier alpha value is -2.59. The predicted molar refractivity (Wildman–Crippen MR) is 93.3 cm³/mol. The van der Waals surface area contributed by atoms with Gasteiger partial charge in [-0.15, -0.1) is 0 Å². The van der Waals surface area contributed by atoms with Gasteiger partial charge < -0.3 is 23.7 Å². The van der Waals surface area contributed by atoms with E-state index in [2.05, 4.69) is 10.1 Å². The molecule has 0 amide bonds. The van der Waals surface area contributed by atoms with E-state index in [1.165, 1.54) is 12.1 Å². The number of ether oxygens (including phenoxy) is 5. The van der Waals surface area contributed by atoms with E-state index in [0.29, 0.717) is 26.4 Å². The molecule has 0 bridgehead atoms. The molecular weight excluding hydrogens is 358 g/mol. The van der Waals surface area contributed by atoms with Crippen molar-refractivity contribution in [3.63, 3.8) is 0 Å². The SMILES string of the molecule is CCOC(=O)c1cc(OCCOCCOCCN=N)cc(C(=O)OCC)n1. The third kappa shape index (κ3) is 9.06. The normalized spacial score (nSPS) is 10.3. The molecule has 1 heterocycles. The van der Waals surface area contributed by atoms with Crippen molar-refractivity contribution in [3.05, 3.63) is 23.5 Å². The number of nitrogens with one attached hydrogen (secondary N) is 1. The Morgan fingerprint density at radius 2 is 1.44 bits per heavy atom. The van der Waals surface area contributed by atoms with E-state index in [1.54, 1.807) is 13.8 Å². The number of rotatable bonds is 14. The quantitative estimate of drug-likeness (QED) is 0.293. The van der Waals surface area contributed by atoms with Gasteiger partial charge in [0.2, 0.25) is 0 Å². The maximum Gasteiger partial charge on any atom is 0.357 e. The highest BCUT2D eigenvalue weighted by Crippen LogP contribution is 2.16. The lowest BCUT2D eigenvalue weighted by Gasteiger charge is -2.10. The van der Waals surface area contributed by atoms with E-state index in [1.807, 2.05) is 0 Å². The first kappa shape index (κ1) is 22.5. The predicted octanol–water partition coefficient (Wildman–Crippen LogP) is 1.88. The number of esters is 2. The molecular formula is C17H25N3O7. The summed E-state index contributed by atoms with van der Waals surface area (Å²) in [6.45, 7) is 5.70. The molecule has 0 aromatic carbocycles. The van der Waals surface area contributed by atoms with Crippen LogP contribution in [0.1, 0.15) is 34.8 Å². The number of nitrogens with zero attached hydrogens (tertiary/aromatic N) is 2. The lowest BCUT2D eigenvalue weighted by molar-refractivity contribution is 0.0383. The van der Waals surface area contributed by atoms with E-state index < -0.39 is 11.9 Å². The zero-order chi connectivity index (χ0) is 19.9. The van der Waals surface area contributed by atoms with E-state index in [-0.39, 0.29) is 43.6 Å². The Kier molecular flexibility index (Phi) is 11.3. The fraction of sp³-hybridized carbons (Fsp3) is 0.588. The second kappa shape index (κ2) is 13.6. The fourth-order valence-electron chi connectivity index (χ4n) is 1.86. The topological polar surface area (TPSA) is 129 Å². The van der Waals surface area contributed by atoms with Crippen LogP contribution in [0.15, 0.2) is 17.2 Å². The summed E-state index contributed by atoms with van der Waals surface area (Å²) >= 11 is 0. The molecule has 150 valence electrons. The summed E-state index contributed by atoms with van der Waals surface area (Å²) in [6, 6.07) is 2.79. The van der Waals surface area contributed by atoms with Crippen LogP contribution in [0.25, 0.3) is 0 Å². The molecule has 0 aliphatic carbocycles. The molecule has 0 aliphatic heterocycles. The standard InChI is InChI=1S/C17H25N3O7/c1-3-25-16(21)14-11-13(12-15(20-14)17(22)26-4-2)27-10-9-24-8-7-23-6-5-19-18/h11-12,18H,3-10H2,1-2H3. The molecule has 27 heavy (non-hydrogen) atoms. The maximum absolute atomic E-state index is 11.9. The van der Waals surface area contributed by atoms with Gasteiger partial charge in [0.15, 0.2) is 11.4 Å². The zero-order valence-electron chi connectivity index (χ0n) is 15.6. The van der Waals surface area contributed by atoms with E-state index in [9.17, 15) is 9.59 Å². The van der Waals surface area contributed by atoms with Crippen molar-refractivity contribution in [2.24, 2.45) is 5.11 Å². The molecule has 0 atom stereocenters. The maximum atomic E-state index is 11.9. The van der Waals surface area contributed by atoms with Crippen LogP contribution in [-0.2, 0) is 18.9 Å². The summed E-state index contributed by atoms with van der Waals surface area (Å²) in [7, 11) is 0. The highest BCUT2D eigenvalue weighted by Gasteiger charge is 2.17. The number of aromatic nitrogens is 1. The molecule has 0 fully saturated rings. The van der Waals surface area contributed by atoms with Crippen LogP contribution in [0.3, 0.4) is 0 Å². The molecule has 10 heteroatoms. The molecule has 0 radical (unpaired) electrons. The monoisotopic (exact) mass is 383 g/mol. The summed E-state index contributed by atoms with van der Waals surface area (Å²) in [6.07, 6.45) is 0. The summed E-state index contributed by atoms with van der Waals surface area (Å²) < 4.78 is 25.9. The Balaban J connectivity index is 2.55. The van der Waals surface area contributed by atoms with E-state index in [0.717, 1.165) is 0 Å². The van der Waals surface area contributed by atoms with Gasteiger partial charge in [-0.2, -0.15) is 5.11 Å². The summed E-state index contributed by atoms with van der Waals surface area (Å²) in [4.78, 5) is 27.8. The minimum Gasteiger partial charge on any atom is -0.491 e. The van der Waals surface area contributed by atoms with E-state index in [4.69, 9.17) is 29.2 Å². The first-order valence-corrected chi connectivity index (χ1v) is 8.60. The average molecular weight is 383 g/mol. The summed E-state index contributed by atoms with van der Waals surface area (Å²) in [5.41, 5.74) is 6.55. The van der Waals surface area contributed by atoms with Crippen molar-refractivity contribution in [3.8, 4) is 5.75 Å². The summed E-state index contributed by atoms with van der Waals surface area (Å²) in [5.74, 6) is -1.02. The van der Waals surface area contributed by atoms with Gasteiger partial charge in [0.05, 0.1) is 46.2 Å². The van der Waals surface area contributed by atoms with Crippen LogP contribution in [0.4, 0.5) is 0 Å². The van der Waals surface area contributed by atoms with Gasteiger partial charge in [-0.05, 0) is 13.8 Å². The smallest absolute Gasteiger partial charge is 0.357 e.